The number of amides is 1. The Morgan fingerprint density at radius 2 is 2.07 bits per heavy atom. The molecule has 1 aliphatic carbocycles. The van der Waals surface area contributed by atoms with E-state index in [1.165, 1.54) is 0 Å². The zero-order chi connectivity index (χ0) is 10.4. The Kier molecular flexibility index (Phi) is 1.75. The van der Waals surface area contributed by atoms with Crippen LogP contribution >= 0.6 is 0 Å². The molecule has 2 unspecified atom stereocenters. The summed E-state index contributed by atoms with van der Waals surface area (Å²) in [5.41, 5.74) is 1.09. The van der Waals surface area contributed by atoms with E-state index in [9.17, 15) is 4.79 Å². The van der Waals surface area contributed by atoms with Crippen molar-refractivity contribution >= 4 is 5.91 Å². The Morgan fingerprint density at radius 3 is 2.67 bits per heavy atom. The summed E-state index contributed by atoms with van der Waals surface area (Å²) in [4.78, 5) is 13.6. The quantitative estimate of drug-likeness (QED) is 0.788. The zero-order valence-electron chi connectivity index (χ0n) is 8.39. The van der Waals surface area contributed by atoms with E-state index in [0.29, 0.717) is 24.3 Å². The van der Waals surface area contributed by atoms with E-state index < -0.39 is 0 Å². The number of benzene rings is 1. The molecule has 1 N–H and O–H groups in total. The molecule has 15 heavy (non-hydrogen) atoms. The Bertz CT molecular complexity index is 399. The molecular formula is C12H13NO2. The third-order valence-corrected chi connectivity index (χ3v) is 3.32. The molecule has 1 aromatic rings. The zero-order valence-corrected chi connectivity index (χ0v) is 8.39. The van der Waals surface area contributed by atoms with Gasteiger partial charge in [0.25, 0.3) is 0 Å². The van der Waals surface area contributed by atoms with Gasteiger partial charge in [0, 0.05) is 19.0 Å². The van der Waals surface area contributed by atoms with E-state index in [0.717, 1.165) is 18.5 Å². The number of hydrogen-bond donors (Lipinski definition) is 1. The van der Waals surface area contributed by atoms with Crippen molar-refractivity contribution in [2.75, 3.05) is 6.54 Å². The molecule has 0 spiro atoms. The summed E-state index contributed by atoms with van der Waals surface area (Å²) in [5.74, 6) is 1.55. The van der Waals surface area contributed by atoms with Gasteiger partial charge >= 0.3 is 0 Å². The lowest BCUT2D eigenvalue weighted by Crippen LogP contribution is -2.27. The number of aromatic hydroxyl groups is 1. The summed E-state index contributed by atoms with van der Waals surface area (Å²) in [6, 6.07) is 7.06. The third kappa shape index (κ3) is 1.48. The topological polar surface area (TPSA) is 40.5 Å². The first-order valence-corrected chi connectivity index (χ1v) is 5.31. The molecule has 0 radical (unpaired) electrons. The Balaban J connectivity index is 1.70. The highest BCUT2D eigenvalue weighted by Crippen LogP contribution is 2.46. The van der Waals surface area contributed by atoms with Crippen LogP contribution in [0.4, 0.5) is 0 Å². The second-order valence-corrected chi connectivity index (χ2v) is 4.49. The number of likely N-dealkylation sites (tertiary alicyclic amines) is 1. The number of piperidine rings is 1. The average molecular weight is 203 g/mol. The minimum Gasteiger partial charge on any atom is -0.508 e. The summed E-state index contributed by atoms with van der Waals surface area (Å²) in [6.07, 6.45) is 1.10. The number of nitrogens with zero attached hydrogens (tertiary/aromatic N) is 1. The molecule has 0 aromatic heterocycles. The van der Waals surface area contributed by atoms with Crippen molar-refractivity contribution in [1.82, 2.24) is 4.90 Å². The van der Waals surface area contributed by atoms with Gasteiger partial charge in [-0.15, -0.1) is 0 Å². The van der Waals surface area contributed by atoms with Crippen molar-refractivity contribution in [3.63, 3.8) is 0 Å². The molecule has 1 amide bonds. The predicted molar refractivity (Wildman–Crippen MR) is 55.1 cm³/mol. The van der Waals surface area contributed by atoms with Gasteiger partial charge in [-0.3, -0.25) is 4.79 Å². The molecule has 1 aliphatic heterocycles. The van der Waals surface area contributed by atoms with Crippen LogP contribution in [-0.2, 0) is 11.3 Å². The second-order valence-electron chi connectivity index (χ2n) is 4.49. The first-order valence-electron chi connectivity index (χ1n) is 5.31. The molecule has 1 saturated carbocycles. The van der Waals surface area contributed by atoms with Gasteiger partial charge in [-0.05, 0) is 30.0 Å². The molecular weight excluding hydrogens is 190 g/mol. The maximum atomic E-state index is 11.7. The molecule has 2 fully saturated rings. The number of carbonyl (C=O) groups excluding carboxylic acids is 1. The fraction of sp³-hybridized carbons (Fsp3) is 0.417. The van der Waals surface area contributed by atoms with Crippen LogP contribution < -0.4 is 0 Å². The van der Waals surface area contributed by atoms with Crippen LogP contribution in [0.25, 0.3) is 0 Å². The van der Waals surface area contributed by atoms with E-state index in [1.807, 2.05) is 17.0 Å². The number of phenolic OH excluding ortho intramolecular Hbond substituents is 1. The van der Waals surface area contributed by atoms with Gasteiger partial charge in [-0.25, -0.2) is 0 Å². The van der Waals surface area contributed by atoms with Crippen molar-refractivity contribution in [3.8, 4) is 5.75 Å². The molecule has 3 heteroatoms. The van der Waals surface area contributed by atoms with Crippen LogP contribution in [0.5, 0.6) is 5.75 Å². The normalized spacial score (nSPS) is 28.0. The summed E-state index contributed by atoms with van der Waals surface area (Å²) >= 11 is 0. The standard InChI is InChI=1S/C12H13NO2/c14-10-3-1-8(2-4-10)6-13-7-9-5-11(9)12(13)15/h1-4,9,11,14H,5-7H2. The summed E-state index contributed by atoms with van der Waals surface area (Å²) in [5, 5.41) is 9.14. The first-order chi connectivity index (χ1) is 7.24. The fourth-order valence-electron chi connectivity index (χ4n) is 2.32. The van der Waals surface area contributed by atoms with Crippen molar-refractivity contribution in [1.29, 1.82) is 0 Å². The molecule has 1 heterocycles. The van der Waals surface area contributed by atoms with Gasteiger partial charge in [-0.1, -0.05) is 12.1 Å². The minimum absolute atomic E-state index is 0.273. The monoisotopic (exact) mass is 203 g/mol. The number of phenols is 1. The number of hydrogen-bond acceptors (Lipinski definition) is 2. The maximum Gasteiger partial charge on any atom is 0.226 e. The maximum absolute atomic E-state index is 11.7. The highest BCUT2D eigenvalue weighted by Gasteiger charge is 2.51. The van der Waals surface area contributed by atoms with Gasteiger partial charge < -0.3 is 10.0 Å². The minimum atomic E-state index is 0.273. The largest absolute Gasteiger partial charge is 0.508 e. The van der Waals surface area contributed by atoms with Gasteiger partial charge in [-0.2, -0.15) is 0 Å². The lowest BCUT2D eigenvalue weighted by molar-refractivity contribution is -0.130. The lowest BCUT2D eigenvalue weighted by atomic mass is 10.2. The Labute approximate surface area is 88.3 Å². The number of rotatable bonds is 2. The number of carbonyl (C=O) groups is 1. The smallest absolute Gasteiger partial charge is 0.226 e. The van der Waals surface area contributed by atoms with Gasteiger partial charge in [0.15, 0.2) is 0 Å². The van der Waals surface area contributed by atoms with Gasteiger partial charge in [0.2, 0.25) is 5.91 Å². The molecule has 78 valence electrons. The molecule has 1 saturated heterocycles. The van der Waals surface area contributed by atoms with Crippen LogP contribution in [0.1, 0.15) is 12.0 Å². The molecule has 0 bridgehead atoms. The van der Waals surface area contributed by atoms with Crippen LogP contribution in [0.3, 0.4) is 0 Å². The van der Waals surface area contributed by atoms with Crippen molar-refractivity contribution in [2.45, 2.75) is 13.0 Å². The SMILES string of the molecule is O=C1C2CC2CN1Cc1ccc(O)cc1. The predicted octanol–water partition coefficient (Wildman–Crippen LogP) is 1.37. The van der Waals surface area contributed by atoms with Gasteiger partial charge in [0.1, 0.15) is 5.75 Å². The second kappa shape index (κ2) is 2.99. The summed E-state index contributed by atoms with van der Waals surface area (Å²) in [6.45, 7) is 1.61. The third-order valence-electron chi connectivity index (χ3n) is 3.32. The lowest BCUT2D eigenvalue weighted by Gasteiger charge is -2.17. The van der Waals surface area contributed by atoms with Crippen LogP contribution in [0, 0.1) is 11.8 Å². The first kappa shape index (κ1) is 8.77. The summed E-state index contributed by atoms with van der Waals surface area (Å²) in [7, 11) is 0. The van der Waals surface area contributed by atoms with E-state index in [-0.39, 0.29) is 5.75 Å². The van der Waals surface area contributed by atoms with Crippen LogP contribution in [0.2, 0.25) is 0 Å². The molecule has 2 atom stereocenters. The van der Waals surface area contributed by atoms with Gasteiger partial charge in [0.05, 0.1) is 0 Å². The van der Waals surface area contributed by atoms with Crippen molar-refractivity contribution < 1.29 is 9.90 Å². The van der Waals surface area contributed by atoms with Crippen molar-refractivity contribution in [3.05, 3.63) is 29.8 Å². The fourth-order valence-corrected chi connectivity index (χ4v) is 2.32. The highest BCUT2D eigenvalue weighted by molar-refractivity contribution is 5.84. The van der Waals surface area contributed by atoms with Crippen LogP contribution in [0.15, 0.2) is 24.3 Å². The molecule has 3 rings (SSSR count). The van der Waals surface area contributed by atoms with E-state index in [1.54, 1.807) is 12.1 Å². The highest BCUT2D eigenvalue weighted by atomic mass is 16.3. The molecule has 1 aromatic carbocycles. The Morgan fingerprint density at radius 1 is 1.33 bits per heavy atom. The summed E-state index contributed by atoms with van der Waals surface area (Å²) < 4.78 is 0. The van der Waals surface area contributed by atoms with E-state index in [2.05, 4.69) is 0 Å². The molecule has 3 nitrogen and oxygen atoms in total. The van der Waals surface area contributed by atoms with Crippen molar-refractivity contribution in [2.24, 2.45) is 11.8 Å². The van der Waals surface area contributed by atoms with E-state index in [4.69, 9.17) is 5.11 Å². The Hall–Kier alpha value is -1.51. The average Bonchev–Trinajstić information content (AvgIpc) is 2.93. The number of fused-ring (bicyclic) bond motifs is 1. The molecule has 2 aliphatic rings. The van der Waals surface area contributed by atoms with Crippen LogP contribution in [-0.4, -0.2) is 22.5 Å². The van der Waals surface area contributed by atoms with E-state index >= 15 is 0 Å².